The number of hydrogen-bond donors (Lipinski definition) is 4. The average Bonchev–Trinajstić information content (AvgIpc) is 3.01. The lowest BCUT2D eigenvalue weighted by Gasteiger charge is -2.56. The molecule has 7 atom stereocenters. The lowest BCUT2D eigenvalue weighted by Crippen LogP contribution is -2.71. The summed E-state index contributed by atoms with van der Waals surface area (Å²) in [7, 11) is 1.65. The number of rotatable bonds is 6. The standard InChI is InChI=1S/C22H35ClF2N4O4/c1-12-18(25)19(29(2)28-12)20(32)27-21-5-7-22(8-6-21,16(30)10-21)26-17(31)11-33-13-3-4-14(23)15(24)9-13/h12-16,18-19,28,30H,3-11H2,1-2H3,(H,26,31)(H,27,32). The van der Waals surface area contributed by atoms with E-state index in [9.17, 15) is 23.5 Å². The molecule has 0 aromatic heterocycles. The van der Waals surface area contributed by atoms with Crippen molar-refractivity contribution in [2.24, 2.45) is 0 Å². The zero-order chi connectivity index (χ0) is 24.0. The lowest BCUT2D eigenvalue weighted by atomic mass is 9.59. The number of hydrogen-bond acceptors (Lipinski definition) is 6. The summed E-state index contributed by atoms with van der Waals surface area (Å²) < 4.78 is 33.9. The SMILES string of the molecule is CC1NN(C)C(C(=O)NC23CCC(NC(=O)COC4CCC(Cl)C(F)C4)(CC2)C(O)C3)C1F. The van der Waals surface area contributed by atoms with Crippen LogP contribution >= 0.6 is 11.6 Å². The second kappa shape index (κ2) is 9.53. The van der Waals surface area contributed by atoms with Crippen LogP contribution in [-0.4, -0.2) is 88.7 Å². The Labute approximate surface area is 198 Å². The number of amides is 2. The van der Waals surface area contributed by atoms with Crippen LogP contribution in [0.25, 0.3) is 0 Å². The molecule has 8 nitrogen and oxygen atoms in total. The van der Waals surface area contributed by atoms with Crippen molar-refractivity contribution in [3.63, 3.8) is 0 Å². The number of nitrogens with zero attached hydrogens (tertiary/aromatic N) is 1. The predicted octanol–water partition coefficient (Wildman–Crippen LogP) is 1.09. The molecule has 2 bridgehead atoms. The van der Waals surface area contributed by atoms with Gasteiger partial charge in [0.25, 0.3) is 0 Å². The minimum Gasteiger partial charge on any atom is -0.391 e. The maximum Gasteiger partial charge on any atom is 0.246 e. The van der Waals surface area contributed by atoms with Crippen molar-refractivity contribution in [3.05, 3.63) is 0 Å². The van der Waals surface area contributed by atoms with E-state index in [0.29, 0.717) is 44.9 Å². The number of hydrazine groups is 1. The van der Waals surface area contributed by atoms with Crippen LogP contribution in [0.3, 0.4) is 0 Å². The Kier molecular flexibility index (Phi) is 7.23. The smallest absolute Gasteiger partial charge is 0.246 e. The maximum atomic E-state index is 14.5. The van der Waals surface area contributed by atoms with Gasteiger partial charge >= 0.3 is 0 Å². The maximum absolute atomic E-state index is 14.5. The third-order valence-electron chi connectivity index (χ3n) is 8.07. The van der Waals surface area contributed by atoms with Gasteiger partial charge in [0.15, 0.2) is 0 Å². The highest BCUT2D eigenvalue weighted by Crippen LogP contribution is 2.47. The number of aliphatic hydroxyl groups excluding tert-OH is 1. The average molecular weight is 493 g/mol. The fourth-order valence-electron chi connectivity index (χ4n) is 5.98. The second-order valence-electron chi connectivity index (χ2n) is 10.4. The van der Waals surface area contributed by atoms with Crippen LogP contribution in [0, 0.1) is 0 Å². The molecular formula is C22H35ClF2N4O4. The minimum absolute atomic E-state index is 0.182. The summed E-state index contributed by atoms with van der Waals surface area (Å²) in [4.78, 5) is 25.4. The van der Waals surface area contributed by atoms with Gasteiger partial charge in [-0.2, -0.15) is 0 Å². The molecule has 1 saturated heterocycles. The first-order chi connectivity index (χ1) is 15.5. The van der Waals surface area contributed by atoms with Crippen molar-refractivity contribution < 1.29 is 28.2 Å². The molecule has 4 N–H and O–H groups in total. The van der Waals surface area contributed by atoms with Gasteiger partial charge in [0, 0.05) is 19.0 Å². The second-order valence-corrected chi connectivity index (χ2v) is 11.0. The summed E-state index contributed by atoms with van der Waals surface area (Å²) >= 11 is 5.89. The molecule has 4 saturated carbocycles. The van der Waals surface area contributed by atoms with Gasteiger partial charge in [-0.3, -0.25) is 9.59 Å². The number of aliphatic hydroxyl groups is 1. The number of ether oxygens (including phenoxy) is 1. The number of nitrogens with one attached hydrogen (secondary N) is 3. The zero-order valence-electron chi connectivity index (χ0n) is 19.2. The first-order valence-electron chi connectivity index (χ1n) is 11.9. The predicted molar refractivity (Wildman–Crippen MR) is 118 cm³/mol. The van der Waals surface area contributed by atoms with Gasteiger partial charge < -0.3 is 20.5 Å². The van der Waals surface area contributed by atoms with E-state index in [1.807, 2.05) is 0 Å². The fourth-order valence-corrected chi connectivity index (χ4v) is 6.21. The molecule has 0 aromatic carbocycles. The molecule has 5 aliphatic rings. The molecule has 0 radical (unpaired) electrons. The Bertz CT molecular complexity index is 754. The topological polar surface area (TPSA) is 103 Å². The summed E-state index contributed by atoms with van der Waals surface area (Å²) in [5, 5.41) is 17.9. The molecule has 188 valence electrons. The van der Waals surface area contributed by atoms with Crippen molar-refractivity contribution in [2.45, 2.75) is 111 Å². The van der Waals surface area contributed by atoms with Crippen LogP contribution < -0.4 is 16.1 Å². The highest BCUT2D eigenvalue weighted by Gasteiger charge is 2.56. The molecule has 4 aliphatic carbocycles. The van der Waals surface area contributed by atoms with Crippen LogP contribution in [0.15, 0.2) is 0 Å². The molecule has 33 heavy (non-hydrogen) atoms. The number of carbonyl (C=O) groups excluding carboxylic acids is 2. The van der Waals surface area contributed by atoms with Crippen molar-refractivity contribution >= 4 is 23.4 Å². The summed E-state index contributed by atoms with van der Waals surface area (Å²) in [6.45, 7) is 1.50. The van der Waals surface area contributed by atoms with Crippen LogP contribution in [0.1, 0.15) is 58.3 Å². The van der Waals surface area contributed by atoms with Gasteiger partial charge in [-0.25, -0.2) is 19.2 Å². The van der Waals surface area contributed by atoms with E-state index in [-0.39, 0.29) is 25.0 Å². The van der Waals surface area contributed by atoms with Crippen LogP contribution in [-0.2, 0) is 14.3 Å². The van der Waals surface area contributed by atoms with Gasteiger partial charge in [-0.1, -0.05) is 0 Å². The van der Waals surface area contributed by atoms with Gasteiger partial charge in [0.05, 0.1) is 29.2 Å². The van der Waals surface area contributed by atoms with Crippen LogP contribution in [0.4, 0.5) is 8.78 Å². The molecule has 11 heteroatoms. The molecular weight excluding hydrogens is 458 g/mol. The number of likely N-dealkylation sites (N-methyl/N-ethyl adjacent to an activating group) is 1. The van der Waals surface area contributed by atoms with E-state index >= 15 is 0 Å². The molecule has 5 fully saturated rings. The monoisotopic (exact) mass is 492 g/mol. The normalized spacial score (nSPS) is 45.7. The van der Waals surface area contributed by atoms with Gasteiger partial charge in [0.2, 0.25) is 11.8 Å². The van der Waals surface area contributed by atoms with Crippen molar-refractivity contribution in [3.8, 4) is 0 Å². The molecule has 5 rings (SSSR count). The van der Waals surface area contributed by atoms with Crippen molar-refractivity contribution in [2.75, 3.05) is 13.7 Å². The zero-order valence-corrected chi connectivity index (χ0v) is 19.9. The third kappa shape index (κ3) is 5.00. The summed E-state index contributed by atoms with van der Waals surface area (Å²) in [5.74, 6) is -0.734. The van der Waals surface area contributed by atoms with E-state index < -0.39 is 52.9 Å². The summed E-state index contributed by atoms with van der Waals surface area (Å²) in [5.41, 5.74) is 1.53. The Morgan fingerprint density at radius 3 is 2.48 bits per heavy atom. The first kappa shape index (κ1) is 25.0. The Hall–Kier alpha value is -1.07. The molecule has 2 amide bonds. The van der Waals surface area contributed by atoms with E-state index in [1.165, 1.54) is 5.01 Å². The Morgan fingerprint density at radius 1 is 1.21 bits per heavy atom. The largest absolute Gasteiger partial charge is 0.391 e. The fraction of sp³-hybridized carbons (Fsp3) is 0.909. The molecule has 1 heterocycles. The Morgan fingerprint density at radius 2 is 1.91 bits per heavy atom. The number of halogens is 3. The molecule has 0 aromatic rings. The third-order valence-corrected chi connectivity index (χ3v) is 8.56. The molecule has 0 spiro atoms. The summed E-state index contributed by atoms with van der Waals surface area (Å²) in [6, 6.07) is -1.37. The van der Waals surface area contributed by atoms with E-state index in [0.717, 1.165) is 0 Å². The lowest BCUT2D eigenvalue weighted by molar-refractivity contribution is -0.141. The number of alkyl halides is 3. The first-order valence-corrected chi connectivity index (χ1v) is 12.3. The van der Waals surface area contributed by atoms with Gasteiger partial charge in [-0.05, 0) is 51.9 Å². The summed E-state index contributed by atoms with van der Waals surface area (Å²) in [6.07, 6.45) is 0.117. The quantitative estimate of drug-likeness (QED) is 0.414. The highest BCUT2D eigenvalue weighted by molar-refractivity contribution is 6.21. The van der Waals surface area contributed by atoms with E-state index in [4.69, 9.17) is 16.3 Å². The van der Waals surface area contributed by atoms with Gasteiger partial charge in [-0.15, -0.1) is 11.6 Å². The molecule has 1 aliphatic heterocycles. The van der Waals surface area contributed by atoms with Crippen LogP contribution in [0.2, 0.25) is 0 Å². The highest BCUT2D eigenvalue weighted by atomic mass is 35.5. The van der Waals surface area contributed by atoms with Crippen LogP contribution in [0.5, 0.6) is 0 Å². The molecule has 7 unspecified atom stereocenters. The Balaban J connectivity index is 1.29. The van der Waals surface area contributed by atoms with Crippen molar-refractivity contribution in [1.82, 2.24) is 21.1 Å². The van der Waals surface area contributed by atoms with E-state index in [2.05, 4.69) is 16.1 Å². The van der Waals surface area contributed by atoms with Crippen molar-refractivity contribution in [1.29, 1.82) is 0 Å². The number of carbonyl (C=O) groups is 2. The minimum atomic E-state index is -1.32. The van der Waals surface area contributed by atoms with E-state index in [1.54, 1.807) is 14.0 Å². The number of fused-ring (bicyclic) bond motifs is 3. The van der Waals surface area contributed by atoms with Gasteiger partial charge in [0.1, 0.15) is 25.0 Å².